The lowest BCUT2D eigenvalue weighted by molar-refractivity contribution is -0.131. The van der Waals surface area contributed by atoms with Gasteiger partial charge in [-0.3, -0.25) is 9.36 Å². The van der Waals surface area contributed by atoms with Gasteiger partial charge in [0.25, 0.3) is 0 Å². The van der Waals surface area contributed by atoms with Gasteiger partial charge in [-0.2, -0.15) is 0 Å². The average Bonchev–Trinajstić information content (AvgIpc) is 2.56. The summed E-state index contributed by atoms with van der Waals surface area (Å²) in [6, 6.07) is 9.79. The molecule has 1 aromatic rings. The van der Waals surface area contributed by atoms with Crippen molar-refractivity contribution in [1.29, 1.82) is 0 Å². The Bertz CT molecular complexity index is 525. The first-order valence-corrected chi connectivity index (χ1v) is 10.4. The number of carbonyl (C=O) groups is 1. The SMILES string of the molecule is CCCCN(C(=O)CP(=O)(OCC)OCC)[C@H](C)c1ccccc1. The monoisotopic (exact) mass is 355 g/mol. The third kappa shape index (κ3) is 6.39. The smallest absolute Gasteiger partial charge is 0.335 e. The summed E-state index contributed by atoms with van der Waals surface area (Å²) in [4.78, 5) is 14.6. The minimum absolute atomic E-state index is 0.0815. The zero-order valence-electron chi connectivity index (χ0n) is 15.2. The van der Waals surface area contributed by atoms with Gasteiger partial charge in [-0.25, -0.2) is 0 Å². The highest BCUT2D eigenvalue weighted by atomic mass is 31.2. The molecule has 0 N–H and O–H groups in total. The second-order valence-corrected chi connectivity index (χ2v) is 7.69. The van der Waals surface area contributed by atoms with E-state index in [9.17, 15) is 9.36 Å². The highest BCUT2D eigenvalue weighted by molar-refractivity contribution is 7.54. The predicted octanol–water partition coefficient (Wildman–Crippen LogP) is 4.64. The van der Waals surface area contributed by atoms with Crippen LogP contribution in [0.1, 0.15) is 52.1 Å². The van der Waals surface area contributed by atoms with Crippen LogP contribution in [0.15, 0.2) is 30.3 Å². The molecule has 0 fully saturated rings. The van der Waals surface area contributed by atoms with Gasteiger partial charge in [0, 0.05) is 6.54 Å². The van der Waals surface area contributed by atoms with Crippen molar-refractivity contribution in [3.63, 3.8) is 0 Å². The zero-order valence-corrected chi connectivity index (χ0v) is 16.1. The van der Waals surface area contributed by atoms with E-state index >= 15 is 0 Å². The van der Waals surface area contributed by atoms with Crippen LogP contribution in [0.4, 0.5) is 0 Å². The molecule has 0 aliphatic rings. The van der Waals surface area contributed by atoms with Crippen molar-refractivity contribution in [2.75, 3.05) is 25.9 Å². The van der Waals surface area contributed by atoms with E-state index in [4.69, 9.17) is 9.05 Å². The number of hydrogen-bond acceptors (Lipinski definition) is 4. The van der Waals surface area contributed by atoms with Crippen LogP contribution in [0.5, 0.6) is 0 Å². The molecule has 0 bridgehead atoms. The van der Waals surface area contributed by atoms with Crippen molar-refractivity contribution in [2.24, 2.45) is 0 Å². The Morgan fingerprint density at radius 2 is 1.71 bits per heavy atom. The van der Waals surface area contributed by atoms with E-state index in [1.54, 1.807) is 18.7 Å². The van der Waals surface area contributed by atoms with Crippen molar-refractivity contribution < 1.29 is 18.4 Å². The lowest BCUT2D eigenvalue weighted by atomic mass is 10.1. The highest BCUT2D eigenvalue weighted by Gasteiger charge is 2.32. The fourth-order valence-corrected chi connectivity index (χ4v) is 4.11. The first-order valence-electron chi connectivity index (χ1n) is 8.70. The van der Waals surface area contributed by atoms with Crippen LogP contribution in [-0.2, 0) is 18.4 Å². The maximum Gasteiger partial charge on any atom is 0.340 e. The largest absolute Gasteiger partial charge is 0.340 e. The molecule has 0 spiro atoms. The minimum atomic E-state index is -3.38. The van der Waals surface area contributed by atoms with Gasteiger partial charge in [0.15, 0.2) is 0 Å². The van der Waals surface area contributed by atoms with Crippen molar-refractivity contribution in [1.82, 2.24) is 4.90 Å². The number of unbranched alkanes of at least 4 members (excludes halogenated alkanes) is 1. The molecule has 5 nitrogen and oxygen atoms in total. The Balaban J connectivity index is 2.93. The molecule has 0 heterocycles. The molecule has 0 aliphatic heterocycles. The molecular weight excluding hydrogens is 325 g/mol. The molecule has 1 atom stereocenters. The summed E-state index contributed by atoms with van der Waals surface area (Å²) in [5, 5.41) is 0. The van der Waals surface area contributed by atoms with Crippen molar-refractivity contribution in [3.8, 4) is 0 Å². The van der Waals surface area contributed by atoms with Gasteiger partial charge < -0.3 is 13.9 Å². The Labute approximate surface area is 145 Å². The Kier molecular flexibility index (Phi) is 9.27. The Hall–Kier alpha value is -1.16. The number of carbonyl (C=O) groups excluding carboxylic acids is 1. The summed E-state index contributed by atoms with van der Waals surface area (Å²) < 4.78 is 23.2. The molecule has 0 saturated carbocycles. The number of benzene rings is 1. The molecule has 1 amide bonds. The molecule has 0 unspecified atom stereocenters. The topological polar surface area (TPSA) is 55.8 Å². The van der Waals surface area contributed by atoms with Crippen LogP contribution in [0.2, 0.25) is 0 Å². The second kappa shape index (κ2) is 10.7. The molecule has 24 heavy (non-hydrogen) atoms. The molecule has 1 aromatic carbocycles. The van der Waals surface area contributed by atoms with E-state index in [0.29, 0.717) is 6.54 Å². The van der Waals surface area contributed by atoms with Gasteiger partial charge in [-0.15, -0.1) is 0 Å². The highest BCUT2D eigenvalue weighted by Crippen LogP contribution is 2.48. The average molecular weight is 355 g/mol. The third-order valence-electron chi connectivity index (χ3n) is 3.80. The van der Waals surface area contributed by atoms with Gasteiger partial charge in [0.2, 0.25) is 5.91 Å². The second-order valence-electron chi connectivity index (χ2n) is 5.63. The molecule has 0 saturated heterocycles. The molecular formula is C18H30NO4P. The summed E-state index contributed by atoms with van der Waals surface area (Å²) >= 11 is 0. The van der Waals surface area contributed by atoms with E-state index in [1.165, 1.54) is 0 Å². The number of rotatable bonds is 11. The Morgan fingerprint density at radius 1 is 1.12 bits per heavy atom. The summed E-state index contributed by atoms with van der Waals surface area (Å²) in [5.74, 6) is -0.190. The fourth-order valence-electron chi connectivity index (χ4n) is 2.55. The molecule has 0 aromatic heterocycles. The maximum absolute atomic E-state index is 12.8. The number of amides is 1. The van der Waals surface area contributed by atoms with E-state index < -0.39 is 7.60 Å². The predicted molar refractivity (Wildman–Crippen MR) is 97.2 cm³/mol. The van der Waals surface area contributed by atoms with Crippen molar-refractivity contribution in [2.45, 2.75) is 46.6 Å². The van der Waals surface area contributed by atoms with Crippen LogP contribution in [-0.4, -0.2) is 36.7 Å². The first kappa shape index (κ1) is 20.9. The van der Waals surface area contributed by atoms with E-state index in [1.807, 2.05) is 37.3 Å². The van der Waals surface area contributed by atoms with Gasteiger partial charge in [-0.05, 0) is 32.8 Å². The fraction of sp³-hybridized carbons (Fsp3) is 0.611. The molecule has 0 radical (unpaired) electrons. The molecule has 1 rings (SSSR count). The quantitative estimate of drug-likeness (QED) is 0.543. The van der Waals surface area contributed by atoms with Crippen LogP contribution in [0.25, 0.3) is 0 Å². The van der Waals surface area contributed by atoms with E-state index in [0.717, 1.165) is 18.4 Å². The third-order valence-corrected chi connectivity index (χ3v) is 5.76. The first-order chi connectivity index (χ1) is 11.5. The van der Waals surface area contributed by atoms with Crippen molar-refractivity contribution >= 4 is 13.5 Å². The minimum Gasteiger partial charge on any atom is -0.335 e. The van der Waals surface area contributed by atoms with Crippen LogP contribution in [0, 0.1) is 0 Å². The van der Waals surface area contributed by atoms with Gasteiger partial charge >= 0.3 is 7.60 Å². The molecule has 0 aliphatic carbocycles. The van der Waals surface area contributed by atoms with Gasteiger partial charge in [0.05, 0.1) is 19.3 Å². The standard InChI is InChI=1S/C18H30NO4P/c1-5-8-14-19(16(4)17-12-10-9-11-13-17)18(20)15-24(21,22-6-2)23-7-3/h9-13,16H,5-8,14-15H2,1-4H3/t16-/m1/s1. The lowest BCUT2D eigenvalue weighted by Crippen LogP contribution is -2.36. The summed E-state index contributed by atoms with van der Waals surface area (Å²) in [7, 11) is -3.38. The van der Waals surface area contributed by atoms with Gasteiger partial charge in [0.1, 0.15) is 6.16 Å². The van der Waals surface area contributed by atoms with Crippen molar-refractivity contribution in [3.05, 3.63) is 35.9 Å². The molecule has 136 valence electrons. The van der Waals surface area contributed by atoms with Crippen LogP contribution in [0.3, 0.4) is 0 Å². The Morgan fingerprint density at radius 3 is 2.21 bits per heavy atom. The number of nitrogens with zero attached hydrogens (tertiary/aromatic N) is 1. The number of hydrogen-bond donors (Lipinski definition) is 0. The van der Waals surface area contributed by atoms with E-state index in [-0.39, 0.29) is 31.3 Å². The summed E-state index contributed by atoms with van der Waals surface area (Å²) in [6.07, 6.45) is 1.67. The van der Waals surface area contributed by atoms with E-state index in [2.05, 4.69) is 6.92 Å². The van der Waals surface area contributed by atoms with Gasteiger partial charge in [-0.1, -0.05) is 43.7 Å². The lowest BCUT2D eigenvalue weighted by Gasteiger charge is -2.31. The summed E-state index contributed by atoms with van der Waals surface area (Å²) in [6.45, 7) is 8.72. The normalized spacial score (nSPS) is 12.8. The maximum atomic E-state index is 12.8. The van der Waals surface area contributed by atoms with Crippen LogP contribution < -0.4 is 0 Å². The molecule has 6 heteroatoms. The summed E-state index contributed by atoms with van der Waals surface area (Å²) in [5.41, 5.74) is 1.06. The van der Waals surface area contributed by atoms with Crippen LogP contribution >= 0.6 is 7.60 Å². The zero-order chi connectivity index (χ0) is 18.0.